The van der Waals surface area contributed by atoms with Gasteiger partial charge in [-0.25, -0.2) is 9.97 Å². The Morgan fingerprint density at radius 3 is 3.17 bits per heavy atom. The van der Waals surface area contributed by atoms with E-state index in [0.29, 0.717) is 12.1 Å². The molecule has 0 bridgehead atoms. The number of hydrogen-bond donors (Lipinski definition) is 2. The fourth-order valence-corrected chi connectivity index (χ4v) is 2.33. The van der Waals surface area contributed by atoms with E-state index < -0.39 is 6.10 Å². The van der Waals surface area contributed by atoms with Crippen LogP contribution >= 0.6 is 0 Å². The van der Waals surface area contributed by atoms with Gasteiger partial charge < -0.3 is 14.8 Å². The van der Waals surface area contributed by atoms with Crippen LogP contribution in [0.5, 0.6) is 0 Å². The molecule has 0 aliphatic carbocycles. The van der Waals surface area contributed by atoms with Gasteiger partial charge >= 0.3 is 0 Å². The normalized spacial score (nSPS) is 28.0. The minimum Gasteiger partial charge on any atom is -0.390 e. The van der Waals surface area contributed by atoms with Gasteiger partial charge in [-0.15, -0.1) is 0 Å². The maximum absolute atomic E-state index is 11.5. The predicted octanol–water partition coefficient (Wildman–Crippen LogP) is 0.178. The molecule has 3 atom stereocenters. The molecule has 1 aliphatic rings. The number of aromatic amines is 1. The smallest absolute Gasteiger partial charge is 0.278 e. The van der Waals surface area contributed by atoms with Gasteiger partial charge in [0, 0.05) is 6.42 Å². The zero-order valence-electron chi connectivity index (χ0n) is 9.91. The predicted molar refractivity (Wildman–Crippen MR) is 63.0 cm³/mol. The van der Waals surface area contributed by atoms with E-state index in [0.717, 1.165) is 6.42 Å². The molecule has 0 spiro atoms. The van der Waals surface area contributed by atoms with Crippen molar-refractivity contribution in [3.8, 4) is 0 Å². The highest BCUT2D eigenvalue weighted by Gasteiger charge is 2.34. The molecule has 1 saturated heterocycles. The number of aliphatic hydroxyl groups is 1. The summed E-state index contributed by atoms with van der Waals surface area (Å²) in [6.07, 6.45) is 3.13. The molecule has 7 heteroatoms. The van der Waals surface area contributed by atoms with Crippen LogP contribution in [0.4, 0.5) is 0 Å². The van der Waals surface area contributed by atoms with E-state index in [1.165, 1.54) is 12.7 Å². The summed E-state index contributed by atoms with van der Waals surface area (Å²) in [4.78, 5) is 22.1. The average Bonchev–Trinajstić information content (AvgIpc) is 2.93. The van der Waals surface area contributed by atoms with Gasteiger partial charge in [0.25, 0.3) is 5.56 Å². The largest absolute Gasteiger partial charge is 0.390 e. The van der Waals surface area contributed by atoms with Crippen molar-refractivity contribution in [3.05, 3.63) is 23.0 Å². The van der Waals surface area contributed by atoms with Crippen LogP contribution in [0.25, 0.3) is 11.2 Å². The van der Waals surface area contributed by atoms with Gasteiger partial charge in [-0.05, 0) is 6.42 Å². The minimum atomic E-state index is -0.487. The zero-order valence-corrected chi connectivity index (χ0v) is 9.91. The van der Waals surface area contributed by atoms with E-state index in [2.05, 4.69) is 15.0 Å². The summed E-state index contributed by atoms with van der Waals surface area (Å²) in [7, 11) is 0. The van der Waals surface area contributed by atoms with Gasteiger partial charge in [-0.2, -0.15) is 0 Å². The van der Waals surface area contributed by atoms with Gasteiger partial charge in [0.1, 0.15) is 6.23 Å². The first kappa shape index (κ1) is 11.4. The molecule has 3 rings (SSSR count). The number of hydrogen-bond acceptors (Lipinski definition) is 5. The fourth-order valence-electron chi connectivity index (χ4n) is 2.33. The SMILES string of the molecule is CCC1OC(n2cnc3c(=O)[nH]cnc32)CC1O. The van der Waals surface area contributed by atoms with Crippen LogP contribution in [-0.2, 0) is 4.74 Å². The van der Waals surface area contributed by atoms with Gasteiger partial charge in [-0.1, -0.05) is 6.92 Å². The number of H-pyrrole nitrogens is 1. The van der Waals surface area contributed by atoms with Crippen molar-refractivity contribution in [2.24, 2.45) is 0 Å². The van der Waals surface area contributed by atoms with Crippen molar-refractivity contribution in [2.45, 2.75) is 38.2 Å². The number of aromatic nitrogens is 4. The molecule has 7 nitrogen and oxygen atoms in total. The van der Waals surface area contributed by atoms with Crippen LogP contribution in [0.1, 0.15) is 26.0 Å². The molecule has 2 aromatic heterocycles. The second-order valence-electron chi connectivity index (χ2n) is 4.40. The van der Waals surface area contributed by atoms with Crippen LogP contribution in [0.2, 0.25) is 0 Å². The first-order chi connectivity index (χ1) is 8.70. The van der Waals surface area contributed by atoms with Gasteiger partial charge in [0.05, 0.1) is 24.9 Å². The third kappa shape index (κ3) is 1.63. The molecule has 0 saturated carbocycles. The Balaban J connectivity index is 2.01. The lowest BCUT2D eigenvalue weighted by Crippen LogP contribution is -2.19. The molecule has 2 N–H and O–H groups in total. The first-order valence-corrected chi connectivity index (χ1v) is 5.94. The highest BCUT2D eigenvalue weighted by molar-refractivity contribution is 5.68. The molecule has 18 heavy (non-hydrogen) atoms. The highest BCUT2D eigenvalue weighted by Crippen LogP contribution is 2.31. The Kier molecular flexibility index (Phi) is 2.64. The molecule has 3 heterocycles. The lowest BCUT2D eigenvalue weighted by Gasteiger charge is -2.13. The lowest BCUT2D eigenvalue weighted by molar-refractivity contribution is -0.0183. The molecule has 1 aliphatic heterocycles. The van der Waals surface area contributed by atoms with Crippen molar-refractivity contribution in [1.29, 1.82) is 0 Å². The number of nitrogens with zero attached hydrogens (tertiary/aromatic N) is 3. The summed E-state index contributed by atoms with van der Waals surface area (Å²) in [6, 6.07) is 0. The van der Waals surface area contributed by atoms with Crippen molar-refractivity contribution in [3.63, 3.8) is 0 Å². The molecule has 0 radical (unpaired) electrons. The molecule has 1 fully saturated rings. The van der Waals surface area contributed by atoms with Crippen molar-refractivity contribution < 1.29 is 9.84 Å². The molecule has 2 aromatic rings. The molecule has 96 valence electrons. The van der Waals surface area contributed by atoms with Crippen LogP contribution in [0, 0.1) is 0 Å². The third-order valence-electron chi connectivity index (χ3n) is 3.28. The van der Waals surface area contributed by atoms with Crippen molar-refractivity contribution in [2.75, 3.05) is 0 Å². The Hall–Kier alpha value is -1.73. The number of fused-ring (bicyclic) bond motifs is 1. The summed E-state index contributed by atoms with van der Waals surface area (Å²) in [5.41, 5.74) is 0.493. The van der Waals surface area contributed by atoms with Crippen LogP contribution in [-0.4, -0.2) is 36.8 Å². The summed E-state index contributed by atoms with van der Waals surface area (Å²) >= 11 is 0. The van der Waals surface area contributed by atoms with E-state index in [-0.39, 0.29) is 23.4 Å². The molecule has 0 aromatic carbocycles. The fraction of sp³-hybridized carbons (Fsp3) is 0.545. The van der Waals surface area contributed by atoms with E-state index in [1.54, 1.807) is 4.57 Å². The minimum absolute atomic E-state index is 0.172. The number of ether oxygens (including phenoxy) is 1. The van der Waals surface area contributed by atoms with E-state index in [9.17, 15) is 9.90 Å². The maximum Gasteiger partial charge on any atom is 0.278 e. The van der Waals surface area contributed by atoms with E-state index in [4.69, 9.17) is 4.74 Å². The zero-order chi connectivity index (χ0) is 12.7. The lowest BCUT2D eigenvalue weighted by atomic mass is 10.1. The molecular weight excluding hydrogens is 236 g/mol. The van der Waals surface area contributed by atoms with Crippen LogP contribution < -0.4 is 5.56 Å². The topological polar surface area (TPSA) is 93.0 Å². The van der Waals surface area contributed by atoms with Crippen LogP contribution in [0.3, 0.4) is 0 Å². The maximum atomic E-state index is 11.5. The van der Waals surface area contributed by atoms with Gasteiger partial charge in [0.15, 0.2) is 11.2 Å². The second-order valence-corrected chi connectivity index (χ2v) is 4.40. The standard InChI is InChI=1S/C11H14N4O3/c1-2-7-6(16)3-8(18-7)15-5-14-9-10(15)12-4-13-11(9)17/h4-8,16H,2-3H2,1H3,(H,12,13,17). The summed E-state index contributed by atoms with van der Waals surface area (Å²) < 4.78 is 7.43. The van der Waals surface area contributed by atoms with Crippen molar-refractivity contribution >= 4 is 11.2 Å². The number of nitrogens with one attached hydrogen (secondary N) is 1. The Labute approximate surface area is 102 Å². The van der Waals surface area contributed by atoms with Crippen LogP contribution in [0.15, 0.2) is 17.4 Å². The average molecular weight is 250 g/mol. The second kappa shape index (κ2) is 4.18. The summed E-state index contributed by atoms with van der Waals surface area (Å²) in [6.45, 7) is 1.96. The number of imidazole rings is 1. The van der Waals surface area contributed by atoms with Gasteiger partial charge in [-0.3, -0.25) is 9.36 Å². The Morgan fingerprint density at radius 1 is 1.61 bits per heavy atom. The quantitative estimate of drug-likeness (QED) is 0.793. The monoisotopic (exact) mass is 250 g/mol. The molecule has 0 amide bonds. The molecule has 3 unspecified atom stereocenters. The summed E-state index contributed by atoms with van der Waals surface area (Å²) in [5.74, 6) is 0. The summed E-state index contributed by atoms with van der Waals surface area (Å²) in [5, 5.41) is 9.84. The highest BCUT2D eigenvalue weighted by atomic mass is 16.5. The van der Waals surface area contributed by atoms with Gasteiger partial charge in [0.2, 0.25) is 0 Å². The Morgan fingerprint density at radius 2 is 2.44 bits per heavy atom. The van der Waals surface area contributed by atoms with Crippen molar-refractivity contribution in [1.82, 2.24) is 19.5 Å². The Bertz CT molecular complexity index is 620. The first-order valence-electron chi connectivity index (χ1n) is 5.94. The van der Waals surface area contributed by atoms with E-state index in [1.807, 2.05) is 6.92 Å². The number of aliphatic hydroxyl groups excluding tert-OH is 1. The molecular formula is C11H14N4O3. The number of rotatable bonds is 2. The third-order valence-corrected chi connectivity index (χ3v) is 3.28. The van der Waals surface area contributed by atoms with E-state index >= 15 is 0 Å².